The summed E-state index contributed by atoms with van der Waals surface area (Å²) in [5.41, 5.74) is 3.34. The van der Waals surface area contributed by atoms with Crippen LogP contribution >= 0.6 is 22.6 Å². The molecule has 3 rings (SSSR count). The lowest BCUT2D eigenvalue weighted by Gasteiger charge is -2.27. The Kier molecular flexibility index (Phi) is 3.65. The smallest absolute Gasteiger partial charge is 0.330 e. The van der Waals surface area contributed by atoms with Gasteiger partial charge in [0.1, 0.15) is 5.54 Å². The van der Waals surface area contributed by atoms with Crippen LogP contribution in [0.5, 0.6) is 0 Å². The summed E-state index contributed by atoms with van der Waals surface area (Å²) in [6, 6.07) is 13.9. The molecule has 3 nitrogen and oxygen atoms in total. The molecule has 4 heteroatoms. The quantitative estimate of drug-likeness (QED) is 0.784. The van der Waals surface area contributed by atoms with Crippen molar-refractivity contribution in [3.63, 3.8) is 0 Å². The van der Waals surface area contributed by atoms with E-state index in [4.69, 9.17) is 0 Å². The van der Waals surface area contributed by atoms with Gasteiger partial charge in [0.25, 0.3) is 0 Å². The van der Waals surface area contributed by atoms with Crippen molar-refractivity contribution in [2.75, 3.05) is 5.32 Å². The number of halogens is 1. The number of benzene rings is 2. The molecule has 1 aliphatic carbocycles. The summed E-state index contributed by atoms with van der Waals surface area (Å²) in [7, 11) is 0. The van der Waals surface area contributed by atoms with Crippen LogP contribution in [0.2, 0.25) is 0 Å². The number of fused-ring (bicyclic) bond motifs is 1. The summed E-state index contributed by atoms with van der Waals surface area (Å²) in [6.45, 7) is 2.03. The lowest BCUT2D eigenvalue weighted by molar-refractivity contribution is -0.142. The maximum atomic E-state index is 11.9. The minimum absolute atomic E-state index is 0.516. The number of aryl methyl sites for hydroxylation is 1. The molecule has 0 spiro atoms. The van der Waals surface area contributed by atoms with Crippen molar-refractivity contribution in [3.05, 3.63) is 62.7 Å². The van der Waals surface area contributed by atoms with E-state index in [1.807, 2.05) is 49.4 Å². The molecule has 0 aromatic heterocycles. The Hall–Kier alpha value is -1.56. The highest BCUT2D eigenvalue weighted by Crippen LogP contribution is 2.35. The molecule has 0 bridgehead atoms. The monoisotopic (exact) mass is 393 g/mol. The van der Waals surface area contributed by atoms with E-state index in [9.17, 15) is 9.90 Å². The maximum Gasteiger partial charge on any atom is 0.330 e. The molecule has 0 atom stereocenters. The van der Waals surface area contributed by atoms with Gasteiger partial charge in [0.15, 0.2) is 0 Å². The van der Waals surface area contributed by atoms with Gasteiger partial charge in [0.2, 0.25) is 0 Å². The van der Waals surface area contributed by atoms with Gasteiger partial charge in [-0.3, -0.25) is 0 Å². The van der Waals surface area contributed by atoms with E-state index in [0.717, 1.165) is 25.9 Å². The average molecular weight is 393 g/mol. The van der Waals surface area contributed by atoms with Crippen LogP contribution in [0.4, 0.5) is 5.69 Å². The van der Waals surface area contributed by atoms with E-state index in [-0.39, 0.29) is 0 Å². The summed E-state index contributed by atoms with van der Waals surface area (Å²) < 4.78 is 1.08. The van der Waals surface area contributed by atoms with Gasteiger partial charge >= 0.3 is 5.97 Å². The zero-order valence-corrected chi connectivity index (χ0v) is 13.8. The molecule has 2 N–H and O–H groups in total. The van der Waals surface area contributed by atoms with Crippen molar-refractivity contribution in [1.29, 1.82) is 0 Å². The van der Waals surface area contributed by atoms with Crippen LogP contribution in [0.25, 0.3) is 0 Å². The van der Waals surface area contributed by atoms with Gasteiger partial charge in [0, 0.05) is 22.1 Å². The topological polar surface area (TPSA) is 49.3 Å². The zero-order chi connectivity index (χ0) is 15.0. The Bertz CT molecular complexity index is 687. The van der Waals surface area contributed by atoms with E-state index in [2.05, 4.69) is 27.9 Å². The van der Waals surface area contributed by atoms with Crippen molar-refractivity contribution >= 4 is 34.2 Å². The summed E-state index contributed by atoms with van der Waals surface area (Å²) >= 11 is 2.27. The molecule has 2 aromatic carbocycles. The number of hydrogen-bond donors (Lipinski definition) is 2. The van der Waals surface area contributed by atoms with E-state index in [1.54, 1.807) is 0 Å². The minimum Gasteiger partial charge on any atom is -0.479 e. The Morgan fingerprint density at radius 3 is 2.33 bits per heavy atom. The Morgan fingerprint density at radius 1 is 1.14 bits per heavy atom. The summed E-state index contributed by atoms with van der Waals surface area (Å²) in [5, 5.41) is 13.1. The van der Waals surface area contributed by atoms with Gasteiger partial charge in [-0.2, -0.15) is 0 Å². The zero-order valence-electron chi connectivity index (χ0n) is 11.7. The maximum absolute atomic E-state index is 11.9. The van der Waals surface area contributed by atoms with Crippen LogP contribution < -0.4 is 5.32 Å². The van der Waals surface area contributed by atoms with Gasteiger partial charge in [-0.25, -0.2) is 4.79 Å². The fourth-order valence-electron chi connectivity index (χ4n) is 2.91. The van der Waals surface area contributed by atoms with Gasteiger partial charge in [0.05, 0.1) is 0 Å². The second-order valence-corrected chi connectivity index (χ2v) is 6.65. The van der Waals surface area contributed by atoms with E-state index in [1.165, 1.54) is 0 Å². The van der Waals surface area contributed by atoms with Crippen LogP contribution in [0.3, 0.4) is 0 Å². The first kappa shape index (κ1) is 14.4. The SMILES string of the molecule is Cc1cccc(NC2(C(=O)O)Cc3ccccc3C2)c1I. The Balaban J connectivity index is 1.98. The van der Waals surface area contributed by atoms with Crippen molar-refractivity contribution in [1.82, 2.24) is 0 Å². The second kappa shape index (κ2) is 5.33. The van der Waals surface area contributed by atoms with E-state index >= 15 is 0 Å². The number of aliphatic carboxylic acids is 1. The molecule has 2 aromatic rings. The Morgan fingerprint density at radius 2 is 1.76 bits per heavy atom. The fraction of sp³-hybridized carbons (Fsp3) is 0.235. The third-order valence-electron chi connectivity index (χ3n) is 4.08. The first-order chi connectivity index (χ1) is 10.0. The fourth-order valence-corrected chi connectivity index (χ4v) is 3.40. The number of carboxylic acids is 1. The van der Waals surface area contributed by atoms with Crippen LogP contribution in [0, 0.1) is 10.5 Å². The van der Waals surface area contributed by atoms with Crippen molar-refractivity contribution in [3.8, 4) is 0 Å². The van der Waals surface area contributed by atoms with Crippen LogP contribution in [-0.4, -0.2) is 16.6 Å². The third kappa shape index (κ3) is 2.52. The van der Waals surface area contributed by atoms with Crippen LogP contribution in [-0.2, 0) is 17.6 Å². The van der Waals surface area contributed by atoms with Crippen molar-refractivity contribution < 1.29 is 9.90 Å². The van der Waals surface area contributed by atoms with Gasteiger partial charge in [-0.15, -0.1) is 0 Å². The summed E-state index contributed by atoms with van der Waals surface area (Å²) in [5.74, 6) is -0.795. The first-order valence-electron chi connectivity index (χ1n) is 6.85. The third-order valence-corrected chi connectivity index (χ3v) is 5.51. The molecule has 21 heavy (non-hydrogen) atoms. The molecule has 0 aliphatic heterocycles. The van der Waals surface area contributed by atoms with Crippen molar-refractivity contribution in [2.24, 2.45) is 0 Å². The molecular weight excluding hydrogens is 377 g/mol. The predicted molar refractivity (Wildman–Crippen MR) is 91.7 cm³/mol. The highest BCUT2D eigenvalue weighted by molar-refractivity contribution is 14.1. The van der Waals surface area contributed by atoms with Gasteiger partial charge < -0.3 is 10.4 Å². The number of anilines is 1. The van der Waals surface area contributed by atoms with Crippen LogP contribution in [0.15, 0.2) is 42.5 Å². The largest absolute Gasteiger partial charge is 0.479 e. The molecule has 0 fully saturated rings. The molecule has 1 aliphatic rings. The highest BCUT2D eigenvalue weighted by Gasteiger charge is 2.44. The molecular formula is C17H16INO2. The molecule has 0 unspecified atom stereocenters. The summed E-state index contributed by atoms with van der Waals surface area (Å²) in [4.78, 5) is 11.9. The standard InChI is InChI=1S/C17H16INO2/c1-11-5-4-8-14(15(11)18)19-17(16(20)21)9-12-6-2-3-7-13(12)10-17/h2-8,19H,9-10H2,1H3,(H,20,21). The molecule has 0 amide bonds. The molecule has 0 heterocycles. The second-order valence-electron chi connectivity index (χ2n) is 5.57. The van der Waals surface area contributed by atoms with Gasteiger partial charge in [-0.1, -0.05) is 36.4 Å². The number of carboxylic acid groups (broad SMARTS) is 1. The number of nitrogens with one attached hydrogen (secondary N) is 1. The number of carbonyl (C=O) groups is 1. The number of rotatable bonds is 3. The molecule has 0 saturated heterocycles. The highest BCUT2D eigenvalue weighted by atomic mass is 127. The van der Waals surface area contributed by atoms with E-state index in [0.29, 0.717) is 12.8 Å². The molecule has 0 radical (unpaired) electrons. The normalized spacial score (nSPS) is 15.5. The lowest BCUT2D eigenvalue weighted by atomic mass is 9.95. The Labute approximate surface area is 137 Å². The molecule has 108 valence electrons. The number of hydrogen-bond acceptors (Lipinski definition) is 2. The molecule has 0 saturated carbocycles. The van der Waals surface area contributed by atoms with Gasteiger partial charge in [-0.05, 0) is 52.3 Å². The van der Waals surface area contributed by atoms with Crippen molar-refractivity contribution in [2.45, 2.75) is 25.3 Å². The van der Waals surface area contributed by atoms with Crippen LogP contribution in [0.1, 0.15) is 16.7 Å². The lowest BCUT2D eigenvalue weighted by Crippen LogP contribution is -2.47. The summed E-state index contributed by atoms with van der Waals surface area (Å²) in [6.07, 6.45) is 1.03. The van der Waals surface area contributed by atoms with E-state index < -0.39 is 11.5 Å². The first-order valence-corrected chi connectivity index (χ1v) is 7.93. The average Bonchev–Trinajstić information content (AvgIpc) is 2.83. The predicted octanol–water partition coefficient (Wildman–Crippen LogP) is 3.63. The minimum atomic E-state index is -0.947.